The molecule has 0 saturated carbocycles. The van der Waals surface area contributed by atoms with Gasteiger partial charge in [0, 0.05) is 19.7 Å². The summed E-state index contributed by atoms with van der Waals surface area (Å²) in [6, 6.07) is 0.352. The van der Waals surface area contributed by atoms with Gasteiger partial charge >= 0.3 is 5.97 Å². The Balaban J connectivity index is 3.06. The highest BCUT2D eigenvalue weighted by molar-refractivity contribution is 7.17. The first-order valence-electron chi connectivity index (χ1n) is 7.03. The van der Waals surface area contributed by atoms with Crippen molar-refractivity contribution in [1.29, 1.82) is 0 Å². The molecular weight excluding hydrogens is 276 g/mol. The Labute approximate surface area is 124 Å². The number of aromatic nitrogens is 1. The van der Waals surface area contributed by atoms with Gasteiger partial charge in [-0.2, -0.15) is 0 Å². The first kappa shape index (κ1) is 16.9. The molecular formula is C14H24N2O3S. The summed E-state index contributed by atoms with van der Waals surface area (Å²) >= 11 is 1.25. The number of aromatic carboxylic acids is 1. The van der Waals surface area contributed by atoms with Gasteiger partial charge in [-0.15, -0.1) is 0 Å². The van der Waals surface area contributed by atoms with E-state index in [9.17, 15) is 9.90 Å². The molecule has 0 aliphatic heterocycles. The summed E-state index contributed by atoms with van der Waals surface area (Å²) in [6.07, 6.45) is 3.19. The van der Waals surface area contributed by atoms with Crippen LogP contribution >= 0.6 is 11.3 Å². The summed E-state index contributed by atoms with van der Waals surface area (Å²) in [7, 11) is 1.55. The molecule has 5 nitrogen and oxygen atoms in total. The Kier molecular flexibility index (Phi) is 6.95. The molecule has 0 aliphatic carbocycles. The van der Waals surface area contributed by atoms with E-state index in [0.717, 1.165) is 30.9 Å². The normalized spacial score (nSPS) is 12.4. The van der Waals surface area contributed by atoms with Gasteiger partial charge in [-0.25, -0.2) is 9.78 Å². The minimum Gasteiger partial charge on any atom is -0.477 e. The smallest absolute Gasteiger partial charge is 0.347 e. The maximum absolute atomic E-state index is 11.3. The summed E-state index contributed by atoms with van der Waals surface area (Å²) in [5.41, 5.74) is 0.518. The third kappa shape index (κ3) is 4.18. The highest BCUT2D eigenvalue weighted by Crippen LogP contribution is 2.29. The van der Waals surface area contributed by atoms with Crippen molar-refractivity contribution >= 4 is 22.4 Å². The van der Waals surface area contributed by atoms with Crippen LogP contribution in [0.4, 0.5) is 5.13 Å². The molecule has 0 saturated heterocycles. The van der Waals surface area contributed by atoms with Gasteiger partial charge in [0.2, 0.25) is 0 Å². The molecule has 0 fully saturated rings. The fourth-order valence-corrected chi connectivity index (χ4v) is 2.95. The van der Waals surface area contributed by atoms with E-state index in [-0.39, 0.29) is 11.5 Å². The number of thiazole rings is 1. The molecule has 1 aromatic rings. The summed E-state index contributed by atoms with van der Waals surface area (Å²) in [4.78, 5) is 18.3. The van der Waals surface area contributed by atoms with Crippen LogP contribution in [0.1, 0.15) is 55.4 Å². The van der Waals surface area contributed by atoms with Crippen molar-refractivity contribution in [2.75, 3.05) is 18.6 Å². The van der Waals surface area contributed by atoms with Crippen LogP contribution in [0.5, 0.6) is 0 Å². The van der Waals surface area contributed by atoms with Crippen LogP contribution in [-0.4, -0.2) is 35.8 Å². The highest BCUT2D eigenvalue weighted by atomic mass is 32.1. The molecule has 0 aromatic carbocycles. The van der Waals surface area contributed by atoms with Crippen LogP contribution in [0.25, 0.3) is 0 Å². The van der Waals surface area contributed by atoms with E-state index >= 15 is 0 Å². The summed E-state index contributed by atoms with van der Waals surface area (Å²) in [5.74, 6) is -0.930. The van der Waals surface area contributed by atoms with Gasteiger partial charge in [0.15, 0.2) is 5.13 Å². The molecule has 0 amide bonds. The Morgan fingerprint density at radius 1 is 1.50 bits per heavy atom. The number of carboxylic acids is 1. The molecule has 0 aliphatic rings. The van der Waals surface area contributed by atoms with Gasteiger partial charge in [0.05, 0.1) is 12.3 Å². The minimum absolute atomic E-state index is 0.236. The lowest BCUT2D eigenvalue weighted by Gasteiger charge is -2.28. The van der Waals surface area contributed by atoms with E-state index in [1.54, 1.807) is 7.11 Å². The van der Waals surface area contributed by atoms with E-state index in [4.69, 9.17) is 4.74 Å². The highest BCUT2D eigenvalue weighted by Gasteiger charge is 2.22. The van der Waals surface area contributed by atoms with Gasteiger partial charge in [-0.1, -0.05) is 31.6 Å². The van der Waals surface area contributed by atoms with Crippen molar-refractivity contribution in [3.63, 3.8) is 0 Å². The number of carbonyl (C=O) groups is 1. The molecule has 0 spiro atoms. The molecule has 1 N–H and O–H groups in total. The standard InChI is InChI=1S/C14H24N2O3S/c1-5-7-8-16(10(3)6-2)14-15-11(9-19-4)12(20-14)13(17)18/h10H,5-9H2,1-4H3,(H,17,18). The lowest BCUT2D eigenvalue weighted by molar-refractivity contribution is 0.0697. The van der Waals surface area contributed by atoms with Crippen molar-refractivity contribution in [2.24, 2.45) is 0 Å². The number of carboxylic acid groups (broad SMARTS) is 1. The van der Waals surface area contributed by atoms with E-state index in [0.29, 0.717) is 11.7 Å². The monoisotopic (exact) mass is 300 g/mol. The Morgan fingerprint density at radius 2 is 2.20 bits per heavy atom. The van der Waals surface area contributed by atoms with Crippen LogP contribution in [0.15, 0.2) is 0 Å². The molecule has 1 rings (SSSR count). The van der Waals surface area contributed by atoms with Crippen LogP contribution in [-0.2, 0) is 11.3 Å². The summed E-state index contributed by atoms with van der Waals surface area (Å²) < 4.78 is 5.04. The molecule has 0 radical (unpaired) electrons. The molecule has 1 aromatic heterocycles. The maximum Gasteiger partial charge on any atom is 0.347 e. The van der Waals surface area contributed by atoms with Gasteiger partial charge in [-0.05, 0) is 19.8 Å². The number of hydrogen-bond acceptors (Lipinski definition) is 5. The SMILES string of the molecule is CCCCN(c1nc(COC)c(C(=O)O)s1)C(C)CC. The lowest BCUT2D eigenvalue weighted by Crippen LogP contribution is -2.33. The number of rotatable bonds is 9. The van der Waals surface area contributed by atoms with E-state index in [1.807, 2.05) is 0 Å². The van der Waals surface area contributed by atoms with Crippen LogP contribution in [0, 0.1) is 0 Å². The largest absolute Gasteiger partial charge is 0.477 e. The Hall–Kier alpha value is -1.14. The van der Waals surface area contributed by atoms with Crippen molar-refractivity contribution in [1.82, 2.24) is 4.98 Å². The number of methoxy groups -OCH3 is 1. The second-order valence-corrected chi connectivity index (χ2v) is 5.79. The van der Waals surface area contributed by atoms with Gasteiger partial charge in [-0.3, -0.25) is 0 Å². The number of anilines is 1. The van der Waals surface area contributed by atoms with E-state index in [1.165, 1.54) is 11.3 Å². The molecule has 6 heteroatoms. The third-order valence-corrected chi connectivity index (χ3v) is 4.41. The van der Waals surface area contributed by atoms with Crippen LogP contribution < -0.4 is 4.90 Å². The second kappa shape index (κ2) is 8.21. The fraction of sp³-hybridized carbons (Fsp3) is 0.714. The zero-order valence-electron chi connectivity index (χ0n) is 12.7. The fourth-order valence-electron chi connectivity index (χ4n) is 1.92. The molecule has 114 valence electrons. The molecule has 1 heterocycles. The second-order valence-electron chi connectivity index (χ2n) is 4.81. The minimum atomic E-state index is -0.930. The Morgan fingerprint density at radius 3 is 2.70 bits per heavy atom. The van der Waals surface area contributed by atoms with Gasteiger partial charge in [0.25, 0.3) is 0 Å². The zero-order chi connectivity index (χ0) is 15.1. The number of nitrogens with zero attached hydrogens (tertiary/aromatic N) is 2. The molecule has 1 unspecified atom stereocenters. The Bertz CT molecular complexity index is 434. The third-order valence-electron chi connectivity index (χ3n) is 3.28. The van der Waals surface area contributed by atoms with Crippen LogP contribution in [0.3, 0.4) is 0 Å². The first-order chi connectivity index (χ1) is 9.54. The number of unbranched alkanes of at least 4 members (excludes halogenated alkanes) is 1. The number of ether oxygens (including phenoxy) is 1. The van der Waals surface area contributed by atoms with Crippen molar-refractivity contribution in [2.45, 2.75) is 52.7 Å². The predicted molar refractivity (Wildman–Crippen MR) is 81.8 cm³/mol. The van der Waals surface area contributed by atoms with Gasteiger partial charge in [0.1, 0.15) is 4.88 Å². The van der Waals surface area contributed by atoms with Crippen LogP contribution in [0.2, 0.25) is 0 Å². The molecule has 1 atom stereocenters. The average molecular weight is 300 g/mol. The van der Waals surface area contributed by atoms with E-state index in [2.05, 4.69) is 30.7 Å². The van der Waals surface area contributed by atoms with Crippen molar-refractivity contribution < 1.29 is 14.6 Å². The van der Waals surface area contributed by atoms with Crippen molar-refractivity contribution in [3.05, 3.63) is 10.6 Å². The number of hydrogen-bond donors (Lipinski definition) is 1. The molecule has 20 heavy (non-hydrogen) atoms. The topological polar surface area (TPSA) is 62.7 Å². The maximum atomic E-state index is 11.3. The van der Waals surface area contributed by atoms with E-state index < -0.39 is 5.97 Å². The first-order valence-corrected chi connectivity index (χ1v) is 7.85. The molecule has 0 bridgehead atoms. The predicted octanol–water partition coefficient (Wildman–Crippen LogP) is 3.39. The zero-order valence-corrected chi connectivity index (χ0v) is 13.5. The summed E-state index contributed by atoms with van der Waals surface area (Å²) in [6.45, 7) is 7.57. The van der Waals surface area contributed by atoms with Gasteiger partial charge < -0.3 is 14.7 Å². The quantitative estimate of drug-likeness (QED) is 0.757. The van der Waals surface area contributed by atoms with Crippen molar-refractivity contribution in [3.8, 4) is 0 Å². The summed E-state index contributed by atoms with van der Waals surface area (Å²) in [5, 5.41) is 10.0. The lowest BCUT2D eigenvalue weighted by atomic mass is 10.2. The average Bonchev–Trinajstić information content (AvgIpc) is 2.83.